The molecule has 216 valence electrons. The Morgan fingerprint density at radius 1 is 0.641 bits per heavy atom. The summed E-state index contributed by atoms with van der Waals surface area (Å²) in [5, 5.41) is 0.130. The van der Waals surface area contributed by atoms with Gasteiger partial charge in [0.2, 0.25) is 0 Å². The molecular weight excluding hydrogens is 506 g/mol. The summed E-state index contributed by atoms with van der Waals surface area (Å²) in [6.07, 6.45) is 24.9. The number of halogens is 3. The van der Waals surface area contributed by atoms with E-state index in [1.807, 2.05) is 12.1 Å². The highest BCUT2D eigenvalue weighted by molar-refractivity contribution is 6.30. The summed E-state index contributed by atoms with van der Waals surface area (Å²) >= 11 is 5.77. The van der Waals surface area contributed by atoms with Gasteiger partial charge in [-0.05, 0) is 97.1 Å². The molecule has 0 nitrogen and oxygen atoms in total. The van der Waals surface area contributed by atoms with E-state index in [0.29, 0.717) is 24.3 Å². The van der Waals surface area contributed by atoms with E-state index >= 15 is 0 Å². The van der Waals surface area contributed by atoms with Gasteiger partial charge in [0.05, 0.1) is 5.02 Å². The first kappa shape index (κ1) is 30.5. The van der Waals surface area contributed by atoms with Gasteiger partial charge in [-0.1, -0.05) is 120 Å². The maximum absolute atomic E-state index is 14.9. The minimum absolute atomic E-state index is 0.115. The molecule has 39 heavy (non-hydrogen) atoms. The molecule has 0 N–H and O–H groups in total. The van der Waals surface area contributed by atoms with E-state index in [2.05, 4.69) is 13.0 Å². The second-order valence-electron chi connectivity index (χ2n) is 12.8. The average molecular weight is 557 g/mol. The number of benzene rings is 2. The minimum Gasteiger partial charge on any atom is -0.207 e. The average Bonchev–Trinajstić information content (AvgIpc) is 2.96. The van der Waals surface area contributed by atoms with Crippen LogP contribution in [0.25, 0.3) is 0 Å². The van der Waals surface area contributed by atoms with Crippen LogP contribution < -0.4 is 0 Å². The number of aryl methyl sites for hydroxylation is 2. The van der Waals surface area contributed by atoms with Crippen LogP contribution in [-0.4, -0.2) is 0 Å². The molecule has 0 spiro atoms. The summed E-state index contributed by atoms with van der Waals surface area (Å²) in [5.41, 5.74) is 2.72. The minimum atomic E-state index is -0.410. The summed E-state index contributed by atoms with van der Waals surface area (Å²) < 4.78 is 28.6. The molecule has 4 rings (SSSR count). The highest BCUT2D eigenvalue weighted by Crippen LogP contribution is 2.40. The normalized spacial score (nSPS) is 23.7. The van der Waals surface area contributed by atoms with E-state index in [9.17, 15) is 8.78 Å². The Bertz CT molecular complexity index is 986. The molecule has 0 bridgehead atoms. The Labute approximate surface area is 242 Å². The SMILES string of the molecule is CCCCCCCC[C@H]1CC[C@H](CC[C@H]2CC[C@H](c3ccc(CCc4ccc(Cl)c(F)c4)c(F)c3)CC2)CC1. The number of unbranched alkanes of at least 4 members (excludes halogenated alkanes) is 5. The molecule has 2 aromatic rings. The van der Waals surface area contributed by atoms with Crippen molar-refractivity contribution in [2.24, 2.45) is 17.8 Å². The highest BCUT2D eigenvalue weighted by Gasteiger charge is 2.25. The lowest BCUT2D eigenvalue weighted by atomic mass is 9.74. The fourth-order valence-electron chi connectivity index (χ4n) is 7.27. The Morgan fingerprint density at radius 3 is 1.90 bits per heavy atom. The molecular formula is C36H51ClF2. The zero-order valence-electron chi connectivity index (χ0n) is 24.3. The van der Waals surface area contributed by atoms with E-state index in [4.69, 9.17) is 11.6 Å². The lowest BCUT2D eigenvalue weighted by Gasteiger charge is -2.32. The second kappa shape index (κ2) is 16.1. The van der Waals surface area contributed by atoms with Crippen LogP contribution >= 0.6 is 11.6 Å². The van der Waals surface area contributed by atoms with Crippen LogP contribution in [0.1, 0.15) is 139 Å². The van der Waals surface area contributed by atoms with Crippen molar-refractivity contribution in [3.63, 3.8) is 0 Å². The Kier molecular flexibility index (Phi) is 12.6. The fraction of sp³-hybridized carbons (Fsp3) is 0.667. The van der Waals surface area contributed by atoms with E-state index in [-0.39, 0.29) is 10.8 Å². The van der Waals surface area contributed by atoms with Crippen LogP contribution in [0, 0.1) is 29.4 Å². The lowest BCUT2D eigenvalue weighted by molar-refractivity contribution is 0.222. The topological polar surface area (TPSA) is 0 Å². The maximum Gasteiger partial charge on any atom is 0.142 e. The smallest absolute Gasteiger partial charge is 0.142 e. The van der Waals surface area contributed by atoms with Gasteiger partial charge in [0, 0.05) is 0 Å². The van der Waals surface area contributed by atoms with Gasteiger partial charge < -0.3 is 0 Å². The van der Waals surface area contributed by atoms with Crippen LogP contribution in [0.3, 0.4) is 0 Å². The first-order chi connectivity index (χ1) is 19.0. The molecule has 0 unspecified atom stereocenters. The molecule has 2 aliphatic rings. The maximum atomic E-state index is 14.9. The Morgan fingerprint density at radius 2 is 1.26 bits per heavy atom. The predicted molar refractivity (Wildman–Crippen MR) is 163 cm³/mol. The van der Waals surface area contributed by atoms with Crippen molar-refractivity contribution in [1.82, 2.24) is 0 Å². The Hall–Kier alpha value is -1.41. The highest BCUT2D eigenvalue weighted by atomic mass is 35.5. The summed E-state index contributed by atoms with van der Waals surface area (Å²) in [5.74, 6) is 2.81. The van der Waals surface area contributed by atoms with Crippen LogP contribution in [0.15, 0.2) is 36.4 Å². The molecule has 3 heteroatoms. The third-order valence-electron chi connectivity index (χ3n) is 9.98. The molecule has 0 heterocycles. The first-order valence-electron chi connectivity index (χ1n) is 16.2. The van der Waals surface area contributed by atoms with Crippen molar-refractivity contribution >= 4 is 11.6 Å². The van der Waals surface area contributed by atoms with E-state index in [1.54, 1.807) is 12.1 Å². The number of rotatable bonds is 14. The molecule has 2 aromatic carbocycles. The standard InChI is InChI=1S/C36H51ClF2/c1-2-3-4-5-6-7-8-27-9-11-28(12-10-27)13-14-29-15-19-31(20-16-29)33-23-22-32(35(38)26-33)21-17-30-18-24-34(37)36(39)25-30/h18,22-29,31H,2-17,19-21H2,1H3/t27-,28-,29-,31-. The van der Waals surface area contributed by atoms with Gasteiger partial charge >= 0.3 is 0 Å². The van der Waals surface area contributed by atoms with E-state index in [1.165, 1.54) is 115 Å². The van der Waals surface area contributed by atoms with Gasteiger partial charge in [-0.25, -0.2) is 8.78 Å². The molecule has 2 aliphatic carbocycles. The number of hydrogen-bond donors (Lipinski definition) is 0. The first-order valence-corrected chi connectivity index (χ1v) is 16.6. The fourth-order valence-corrected chi connectivity index (χ4v) is 7.39. The summed E-state index contributed by atoms with van der Waals surface area (Å²) in [4.78, 5) is 0. The van der Waals surface area contributed by atoms with Crippen molar-refractivity contribution < 1.29 is 8.78 Å². The third kappa shape index (κ3) is 9.87. The predicted octanol–water partition coefficient (Wildman–Crippen LogP) is 12.0. The Balaban J connectivity index is 1.11. The van der Waals surface area contributed by atoms with Crippen LogP contribution in [0.2, 0.25) is 5.02 Å². The van der Waals surface area contributed by atoms with Crippen molar-refractivity contribution in [2.75, 3.05) is 0 Å². The summed E-state index contributed by atoms with van der Waals surface area (Å²) in [6, 6.07) is 10.7. The zero-order chi connectivity index (χ0) is 27.5. The largest absolute Gasteiger partial charge is 0.207 e. The van der Waals surface area contributed by atoms with Crippen molar-refractivity contribution in [2.45, 2.75) is 135 Å². The quantitative estimate of drug-likeness (QED) is 0.203. The van der Waals surface area contributed by atoms with Crippen LogP contribution in [-0.2, 0) is 12.8 Å². The molecule has 0 saturated heterocycles. The van der Waals surface area contributed by atoms with Crippen LogP contribution in [0.4, 0.5) is 8.78 Å². The van der Waals surface area contributed by atoms with Crippen molar-refractivity contribution in [3.8, 4) is 0 Å². The molecule has 0 aromatic heterocycles. The van der Waals surface area contributed by atoms with Gasteiger partial charge in [0.15, 0.2) is 0 Å². The molecule has 0 radical (unpaired) electrons. The molecule has 2 saturated carbocycles. The summed E-state index contributed by atoms with van der Waals surface area (Å²) in [7, 11) is 0. The molecule has 0 aliphatic heterocycles. The van der Waals surface area contributed by atoms with Gasteiger partial charge in [0.25, 0.3) is 0 Å². The van der Waals surface area contributed by atoms with Crippen LogP contribution in [0.5, 0.6) is 0 Å². The molecule has 2 fully saturated rings. The molecule has 0 amide bonds. The third-order valence-corrected chi connectivity index (χ3v) is 10.3. The monoisotopic (exact) mass is 556 g/mol. The van der Waals surface area contributed by atoms with E-state index < -0.39 is 5.82 Å². The van der Waals surface area contributed by atoms with Gasteiger partial charge in [0.1, 0.15) is 11.6 Å². The van der Waals surface area contributed by atoms with Crippen molar-refractivity contribution in [1.29, 1.82) is 0 Å². The van der Waals surface area contributed by atoms with E-state index in [0.717, 1.165) is 28.9 Å². The van der Waals surface area contributed by atoms with Gasteiger partial charge in [-0.2, -0.15) is 0 Å². The van der Waals surface area contributed by atoms with Gasteiger partial charge in [-0.15, -0.1) is 0 Å². The summed E-state index contributed by atoms with van der Waals surface area (Å²) in [6.45, 7) is 2.30. The zero-order valence-corrected chi connectivity index (χ0v) is 25.1. The molecule has 0 atom stereocenters. The van der Waals surface area contributed by atoms with Gasteiger partial charge in [-0.3, -0.25) is 0 Å². The lowest BCUT2D eigenvalue weighted by Crippen LogP contribution is -2.18. The van der Waals surface area contributed by atoms with Crippen molar-refractivity contribution in [3.05, 3.63) is 69.7 Å². The number of hydrogen-bond acceptors (Lipinski definition) is 0. The second-order valence-corrected chi connectivity index (χ2v) is 13.2.